The van der Waals surface area contributed by atoms with Gasteiger partial charge in [-0.05, 0) is 49.1 Å². The number of anilines is 1. The summed E-state index contributed by atoms with van der Waals surface area (Å²) < 4.78 is 11.1. The Hall–Kier alpha value is -3.28. The number of methoxy groups -OCH3 is 1. The summed E-state index contributed by atoms with van der Waals surface area (Å²) in [4.78, 5) is 27.0. The molecule has 0 spiro atoms. The van der Waals surface area contributed by atoms with Crippen molar-refractivity contribution in [2.24, 2.45) is 5.92 Å². The van der Waals surface area contributed by atoms with Crippen LogP contribution in [0.25, 0.3) is 0 Å². The first-order chi connectivity index (χ1) is 14.6. The summed E-state index contributed by atoms with van der Waals surface area (Å²) in [5.74, 6) is 0.689. The second kappa shape index (κ2) is 10.5. The first kappa shape index (κ1) is 21.4. The molecule has 1 aliphatic heterocycles. The van der Waals surface area contributed by atoms with Crippen LogP contribution in [0.2, 0.25) is 0 Å². The number of hydrogen-bond donors (Lipinski definition) is 1. The molecule has 2 amide bonds. The molecule has 158 valence electrons. The highest BCUT2D eigenvalue weighted by Crippen LogP contribution is 2.28. The number of benzene rings is 2. The van der Waals surface area contributed by atoms with E-state index in [1.807, 2.05) is 48.5 Å². The van der Waals surface area contributed by atoms with Crippen LogP contribution < -0.4 is 14.8 Å². The van der Waals surface area contributed by atoms with Crippen LogP contribution >= 0.6 is 0 Å². The van der Waals surface area contributed by atoms with E-state index in [9.17, 15) is 9.59 Å². The highest BCUT2D eigenvalue weighted by Gasteiger charge is 2.28. The molecule has 1 aliphatic rings. The lowest BCUT2D eigenvalue weighted by Gasteiger charge is -2.32. The van der Waals surface area contributed by atoms with Crippen molar-refractivity contribution in [3.8, 4) is 11.5 Å². The molecule has 0 saturated carbocycles. The molecular formula is C24H28N2O4. The summed E-state index contributed by atoms with van der Waals surface area (Å²) in [6.07, 6.45) is 4.11. The Bertz CT molecular complexity index is 882. The van der Waals surface area contributed by atoms with Gasteiger partial charge in [0, 0.05) is 18.8 Å². The average molecular weight is 408 g/mol. The van der Waals surface area contributed by atoms with E-state index in [2.05, 4.69) is 11.9 Å². The van der Waals surface area contributed by atoms with E-state index in [1.165, 1.54) is 0 Å². The summed E-state index contributed by atoms with van der Waals surface area (Å²) in [6, 6.07) is 15.0. The summed E-state index contributed by atoms with van der Waals surface area (Å²) >= 11 is 0. The van der Waals surface area contributed by atoms with Crippen molar-refractivity contribution in [3.05, 3.63) is 66.7 Å². The monoisotopic (exact) mass is 408 g/mol. The van der Waals surface area contributed by atoms with Gasteiger partial charge in [0.1, 0.15) is 0 Å². The molecule has 1 fully saturated rings. The van der Waals surface area contributed by atoms with Gasteiger partial charge in [-0.25, -0.2) is 0 Å². The fraction of sp³-hybridized carbons (Fsp3) is 0.333. The predicted octanol–water partition coefficient (Wildman–Crippen LogP) is 3.68. The van der Waals surface area contributed by atoms with Gasteiger partial charge in [0.15, 0.2) is 18.1 Å². The number of amides is 2. The van der Waals surface area contributed by atoms with Gasteiger partial charge in [-0.2, -0.15) is 0 Å². The first-order valence-corrected chi connectivity index (χ1v) is 10.1. The van der Waals surface area contributed by atoms with Crippen LogP contribution in [0.5, 0.6) is 11.5 Å². The lowest BCUT2D eigenvalue weighted by Crippen LogP contribution is -2.45. The number of para-hydroxylation sites is 1. The number of carbonyl (C=O) groups is 2. The number of hydrogen-bond acceptors (Lipinski definition) is 4. The number of likely N-dealkylation sites (tertiary alicyclic amines) is 1. The van der Waals surface area contributed by atoms with Gasteiger partial charge >= 0.3 is 0 Å². The van der Waals surface area contributed by atoms with Gasteiger partial charge in [-0.3, -0.25) is 9.59 Å². The van der Waals surface area contributed by atoms with Crippen LogP contribution in [0.4, 0.5) is 5.69 Å². The third-order valence-corrected chi connectivity index (χ3v) is 5.15. The summed E-state index contributed by atoms with van der Waals surface area (Å²) in [5, 5.41) is 2.93. The fourth-order valence-electron chi connectivity index (χ4n) is 3.54. The molecule has 0 radical (unpaired) electrons. The van der Waals surface area contributed by atoms with E-state index in [-0.39, 0.29) is 24.3 Å². The van der Waals surface area contributed by atoms with Crippen molar-refractivity contribution in [1.82, 2.24) is 4.90 Å². The van der Waals surface area contributed by atoms with E-state index in [0.717, 1.165) is 30.5 Å². The van der Waals surface area contributed by atoms with E-state index >= 15 is 0 Å². The molecule has 2 aromatic carbocycles. The van der Waals surface area contributed by atoms with Gasteiger partial charge in [0.25, 0.3) is 5.91 Å². The lowest BCUT2D eigenvalue weighted by molar-refractivity contribution is -0.136. The maximum absolute atomic E-state index is 12.7. The van der Waals surface area contributed by atoms with Crippen molar-refractivity contribution >= 4 is 17.5 Å². The first-order valence-electron chi connectivity index (χ1n) is 10.1. The zero-order chi connectivity index (χ0) is 21.3. The summed E-state index contributed by atoms with van der Waals surface area (Å²) in [7, 11) is 1.57. The topological polar surface area (TPSA) is 67.9 Å². The maximum atomic E-state index is 12.7. The number of ether oxygens (including phenoxy) is 2. The Labute approximate surface area is 177 Å². The Kier molecular flexibility index (Phi) is 7.49. The number of rotatable bonds is 8. The van der Waals surface area contributed by atoms with Crippen LogP contribution in [0.3, 0.4) is 0 Å². The SMILES string of the molecule is C=CCc1ccc(OCC(=O)N2CCCC(C(=O)Nc3ccccc3)C2)c(OC)c1. The van der Waals surface area contributed by atoms with Gasteiger partial charge in [-0.15, -0.1) is 6.58 Å². The second-order valence-electron chi connectivity index (χ2n) is 7.30. The standard InChI is InChI=1S/C24H28N2O4/c1-3-8-18-12-13-21(22(15-18)29-2)30-17-23(27)26-14-7-9-19(16-26)24(28)25-20-10-5-4-6-11-20/h3-6,10-13,15,19H,1,7-9,14,16-17H2,2H3,(H,25,28). The Balaban J connectivity index is 1.55. The minimum Gasteiger partial charge on any atom is -0.493 e. The van der Waals surface area contributed by atoms with Crippen molar-refractivity contribution in [2.75, 3.05) is 32.1 Å². The molecule has 1 saturated heterocycles. The molecule has 1 unspecified atom stereocenters. The van der Waals surface area contributed by atoms with E-state index in [0.29, 0.717) is 24.6 Å². The molecule has 1 atom stereocenters. The highest BCUT2D eigenvalue weighted by molar-refractivity contribution is 5.93. The van der Waals surface area contributed by atoms with Gasteiger partial charge in [0.05, 0.1) is 13.0 Å². The molecule has 30 heavy (non-hydrogen) atoms. The molecular weight excluding hydrogens is 380 g/mol. The minimum atomic E-state index is -0.226. The number of nitrogens with one attached hydrogen (secondary N) is 1. The van der Waals surface area contributed by atoms with Crippen LogP contribution in [-0.2, 0) is 16.0 Å². The summed E-state index contributed by atoms with van der Waals surface area (Å²) in [5.41, 5.74) is 1.82. The van der Waals surface area contributed by atoms with Crippen LogP contribution in [0, 0.1) is 5.92 Å². The molecule has 0 aliphatic carbocycles. The largest absolute Gasteiger partial charge is 0.493 e. The normalized spacial score (nSPS) is 15.9. The lowest BCUT2D eigenvalue weighted by atomic mass is 9.97. The highest BCUT2D eigenvalue weighted by atomic mass is 16.5. The second-order valence-corrected chi connectivity index (χ2v) is 7.30. The van der Waals surface area contributed by atoms with Gasteiger partial charge < -0.3 is 19.7 Å². The van der Waals surface area contributed by atoms with Crippen molar-refractivity contribution in [3.63, 3.8) is 0 Å². The minimum absolute atomic E-state index is 0.0564. The van der Waals surface area contributed by atoms with Crippen molar-refractivity contribution < 1.29 is 19.1 Å². The Morgan fingerprint density at radius 2 is 2.00 bits per heavy atom. The third-order valence-electron chi connectivity index (χ3n) is 5.15. The zero-order valence-corrected chi connectivity index (χ0v) is 17.3. The zero-order valence-electron chi connectivity index (χ0n) is 17.3. The molecule has 3 rings (SSSR count). The van der Waals surface area contributed by atoms with Crippen LogP contribution in [0.15, 0.2) is 61.2 Å². The van der Waals surface area contributed by atoms with Gasteiger partial charge in [0.2, 0.25) is 5.91 Å². The van der Waals surface area contributed by atoms with E-state index in [1.54, 1.807) is 18.1 Å². The molecule has 1 heterocycles. The predicted molar refractivity (Wildman–Crippen MR) is 117 cm³/mol. The molecule has 0 aromatic heterocycles. The molecule has 1 N–H and O–H groups in total. The Morgan fingerprint density at radius 3 is 2.73 bits per heavy atom. The van der Waals surface area contributed by atoms with E-state index in [4.69, 9.17) is 9.47 Å². The van der Waals surface area contributed by atoms with Crippen LogP contribution in [0.1, 0.15) is 18.4 Å². The fourth-order valence-corrected chi connectivity index (χ4v) is 3.54. The number of carbonyl (C=O) groups excluding carboxylic acids is 2. The van der Waals surface area contributed by atoms with Crippen molar-refractivity contribution in [1.29, 1.82) is 0 Å². The third kappa shape index (κ3) is 5.63. The van der Waals surface area contributed by atoms with Gasteiger partial charge in [-0.1, -0.05) is 30.3 Å². The molecule has 6 nitrogen and oxygen atoms in total. The maximum Gasteiger partial charge on any atom is 0.260 e. The van der Waals surface area contributed by atoms with Crippen molar-refractivity contribution in [2.45, 2.75) is 19.3 Å². The molecule has 6 heteroatoms. The Morgan fingerprint density at radius 1 is 1.20 bits per heavy atom. The summed E-state index contributed by atoms with van der Waals surface area (Å²) in [6.45, 7) is 4.67. The van der Waals surface area contributed by atoms with E-state index < -0.39 is 0 Å². The molecule has 2 aromatic rings. The number of allylic oxidation sites excluding steroid dienone is 1. The average Bonchev–Trinajstić information content (AvgIpc) is 2.78. The quantitative estimate of drug-likeness (QED) is 0.677. The smallest absolute Gasteiger partial charge is 0.260 e. The number of piperidine rings is 1. The number of nitrogens with zero attached hydrogens (tertiary/aromatic N) is 1. The van der Waals surface area contributed by atoms with Crippen LogP contribution in [-0.4, -0.2) is 43.5 Å². The molecule has 0 bridgehead atoms.